The lowest BCUT2D eigenvalue weighted by Gasteiger charge is -2.39. The SMILES string of the molecule is O=C(Cc1c(F)cccc1Cl)N1C2CCC1CC(Oc1ccncc1)C2. The highest BCUT2D eigenvalue weighted by atomic mass is 35.5. The van der Waals surface area contributed by atoms with Gasteiger partial charge in [0.1, 0.15) is 17.7 Å². The van der Waals surface area contributed by atoms with Gasteiger partial charge < -0.3 is 9.64 Å². The van der Waals surface area contributed by atoms with Crippen LogP contribution in [0.5, 0.6) is 5.75 Å². The number of carbonyl (C=O) groups is 1. The first-order valence-corrected chi connectivity index (χ1v) is 9.30. The molecule has 0 N–H and O–H groups in total. The molecule has 3 heterocycles. The molecule has 2 aromatic rings. The first kappa shape index (κ1) is 17.3. The molecule has 1 aromatic heterocycles. The Kier molecular flexibility index (Phi) is 4.81. The number of carbonyl (C=O) groups excluding carboxylic acids is 1. The molecule has 1 aromatic carbocycles. The van der Waals surface area contributed by atoms with Gasteiger partial charge in [-0.1, -0.05) is 17.7 Å². The number of ether oxygens (including phenoxy) is 1. The Bertz CT molecular complexity index is 767. The summed E-state index contributed by atoms with van der Waals surface area (Å²) in [4.78, 5) is 18.8. The minimum atomic E-state index is -0.422. The van der Waals surface area contributed by atoms with Crippen molar-refractivity contribution < 1.29 is 13.9 Å². The Morgan fingerprint density at radius 2 is 1.88 bits per heavy atom. The number of halogens is 2. The van der Waals surface area contributed by atoms with Crippen LogP contribution in [0.15, 0.2) is 42.7 Å². The van der Waals surface area contributed by atoms with Crippen molar-refractivity contribution in [2.45, 2.75) is 50.3 Å². The Hall–Kier alpha value is -2.14. The van der Waals surface area contributed by atoms with Crippen molar-refractivity contribution in [3.05, 3.63) is 59.1 Å². The van der Waals surface area contributed by atoms with Gasteiger partial charge in [0, 0.05) is 47.9 Å². The first-order chi connectivity index (χ1) is 12.6. The molecule has 26 heavy (non-hydrogen) atoms. The number of piperidine rings is 1. The van der Waals surface area contributed by atoms with Crippen molar-refractivity contribution in [3.63, 3.8) is 0 Å². The maximum absolute atomic E-state index is 14.0. The van der Waals surface area contributed by atoms with Crippen LogP contribution < -0.4 is 4.74 Å². The average molecular weight is 375 g/mol. The number of benzene rings is 1. The first-order valence-electron chi connectivity index (χ1n) is 8.92. The molecule has 2 bridgehead atoms. The van der Waals surface area contributed by atoms with Crippen molar-refractivity contribution in [1.82, 2.24) is 9.88 Å². The highest BCUT2D eigenvalue weighted by molar-refractivity contribution is 6.31. The fourth-order valence-corrected chi connectivity index (χ4v) is 4.41. The molecular formula is C20H20ClFN2O2. The molecule has 0 spiro atoms. The van der Waals surface area contributed by atoms with Crippen LogP contribution in [-0.2, 0) is 11.2 Å². The number of nitrogens with zero attached hydrogens (tertiary/aromatic N) is 2. The van der Waals surface area contributed by atoms with Crippen molar-refractivity contribution in [3.8, 4) is 5.75 Å². The van der Waals surface area contributed by atoms with Crippen LogP contribution in [0, 0.1) is 5.82 Å². The predicted molar refractivity (Wildman–Crippen MR) is 96.7 cm³/mol. The third kappa shape index (κ3) is 3.40. The Morgan fingerprint density at radius 3 is 2.54 bits per heavy atom. The summed E-state index contributed by atoms with van der Waals surface area (Å²) in [6.07, 6.45) is 7.06. The normalized spacial score (nSPS) is 24.5. The van der Waals surface area contributed by atoms with Crippen molar-refractivity contribution in [1.29, 1.82) is 0 Å². The molecule has 4 nitrogen and oxygen atoms in total. The molecule has 0 aliphatic carbocycles. The molecule has 0 saturated carbocycles. The zero-order valence-electron chi connectivity index (χ0n) is 14.3. The van der Waals surface area contributed by atoms with Crippen molar-refractivity contribution >= 4 is 17.5 Å². The number of fused-ring (bicyclic) bond motifs is 2. The van der Waals surface area contributed by atoms with E-state index in [9.17, 15) is 9.18 Å². The number of hydrogen-bond acceptors (Lipinski definition) is 3. The van der Waals surface area contributed by atoms with Gasteiger partial charge in [-0.05, 0) is 37.1 Å². The number of rotatable bonds is 4. The van der Waals surface area contributed by atoms with Gasteiger partial charge >= 0.3 is 0 Å². The van der Waals surface area contributed by atoms with Crippen LogP contribution in [-0.4, -0.2) is 34.0 Å². The molecule has 2 atom stereocenters. The summed E-state index contributed by atoms with van der Waals surface area (Å²) in [5.41, 5.74) is 0.286. The second-order valence-electron chi connectivity index (χ2n) is 6.96. The van der Waals surface area contributed by atoms with E-state index in [1.165, 1.54) is 6.07 Å². The molecule has 2 fully saturated rings. The highest BCUT2D eigenvalue weighted by Crippen LogP contribution is 2.38. The van der Waals surface area contributed by atoms with Crippen LogP contribution in [0.2, 0.25) is 5.02 Å². The summed E-state index contributed by atoms with van der Waals surface area (Å²) >= 11 is 6.08. The van der Waals surface area contributed by atoms with E-state index in [0.717, 1.165) is 31.4 Å². The maximum Gasteiger partial charge on any atom is 0.227 e. The van der Waals surface area contributed by atoms with E-state index in [0.29, 0.717) is 5.02 Å². The van der Waals surface area contributed by atoms with Crippen LogP contribution in [0.1, 0.15) is 31.2 Å². The predicted octanol–water partition coefficient (Wildman–Crippen LogP) is 4.02. The number of hydrogen-bond donors (Lipinski definition) is 0. The van der Waals surface area contributed by atoms with Crippen molar-refractivity contribution in [2.75, 3.05) is 0 Å². The van der Waals surface area contributed by atoms with E-state index >= 15 is 0 Å². The van der Waals surface area contributed by atoms with Gasteiger partial charge in [-0.3, -0.25) is 9.78 Å². The standard InChI is InChI=1S/C20H20ClFN2O2/c21-18-2-1-3-19(22)17(18)12-20(25)24-13-4-5-14(24)11-16(10-13)26-15-6-8-23-9-7-15/h1-3,6-9,13-14,16H,4-5,10-12H2. The van der Waals surface area contributed by atoms with Gasteiger partial charge in [0.15, 0.2) is 0 Å². The van der Waals surface area contributed by atoms with Gasteiger partial charge in [0.2, 0.25) is 5.91 Å². The van der Waals surface area contributed by atoms with Gasteiger partial charge in [-0.25, -0.2) is 4.39 Å². The third-order valence-corrected chi connectivity index (χ3v) is 5.67. The van der Waals surface area contributed by atoms with Gasteiger partial charge in [0.05, 0.1) is 6.42 Å². The van der Waals surface area contributed by atoms with E-state index in [4.69, 9.17) is 16.3 Å². The van der Waals surface area contributed by atoms with E-state index in [1.54, 1.807) is 24.5 Å². The Balaban J connectivity index is 1.44. The second kappa shape index (κ2) is 7.23. The summed E-state index contributed by atoms with van der Waals surface area (Å²) in [7, 11) is 0. The Morgan fingerprint density at radius 1 is 1.19 bits per heavy atom. The summed E-state index contributed by atoms with van der Waals surface area (Å²) in [5.74, 6) is 0.336. The molecular weight excluding hydrogens is 355 g/mol. The quantitative estimate of drug-likeness (QED) is 0.811. The van der Waals surface area contributed by atoms with E-state index in [2.05, 4.69) is 4.98 Å². The zero-order valence-corrected chi connectivity index (χ0v) is 15.0. The molecule has 4 rings (SSSR count). The van der Waals surface area contributed by atoms with Gasteiger partial charge in [0.25, 0.3) is 0 Å². The minimum Gasteiger partial charge on any atom is -0.490 e. The summed E-state index contributed by atoms with van der Waals surface area (Å²) < 4.78 is 20.1. The molecule has 6 heteroatoms. The lowest BCUT2D eigenvalue weighted by molar-refractivity contribution is -0.136. The molecule has 0 radical (unpaired) electrons. The topological polar surface area (TPSA) is 42.4 Å². The fourth-order valence-electron chi connectivity index (χ4n) is 4.18. The number of amides is 1. The van der Waals surface area contributed by atoms with Crippen molar-refractivity contribution in [2.24, 2.45) is 0 Å². The molecule has 2 aliphatic heterocycles. The molecule has 2 saturated heterocycles. The number of pyridine rings is 1. The van der Waals surface area contributed by atoms with Crippen LogP contribution >= 0.6 is 11.6 Å². The average Bonchev–Trinajstić information content (AvgIpc) is 2.90. The maximum atomic E-state index is 14.0. The van der Waals surface area contributed by atoms with Gasteiger partial charge in [-0.15, -0.1) is 0 Å². The van der Waals surface area contributed by atoms with Crippen LogP contribution in [0.4, 0.5) is 4.39 Å². The highest BCUT2D eigenvalue weighted by Gasteiger charge is 2.44. The smallest absolute Gasteiger partial charge is 0.227 e. The van der Waals surface area contributed by atoms with E-state index in [1.807, 2.05) is 17.0 Å². The lowest BCUT2D eigenvalue weighted by Crippen LogP contribution is -2.49. The minimum absolute atomic E-state index is 0.00832. The van der Waals surface area contributed by atoms with E-state index in [-0.39, 0.29) is 36.1 Å². The third-order valence-electron chi connectivity index (χ3n) is 5.32. The zero-order chi connectivity index (χ0) is 18.1. The molecule has 2 unspecified atom stereocenters. The van der Waals surface area contributed by atoms with Crippen LogP contribution in [0.3, 0.4) is 0 Å². The van der Waals surface area contributed by atoms with Gasteiger partial charge in [-0.2, -0.15) is 0 Å². The lowest BCUT2D eigenvalue weighted by atomic mass is 9.98. The fraction of sp³-hybridized carbons (Fsp3) is 0.400. The van der Waals surface area contributed by atoms with E-state index < -0.39 is 5.82 Å². The van der Waals surface area contributed by atoms with Crippen LogP contribution in [0.25, 0.3) is 0 Å². The summed E-state index contributed by atoms with van der Waals surface area (Å²) in [6.45, 7) is 0. The molecule has 136 valence electrons. The summed E-state index contributed by atoms with van der Waals surface area (Å²) in [6, 6.07) is 8.52. The molecule has 2 aliphatic rings. The Labute approximate surface area is 156 Å². The number of aromatic nitrogens is 1. The molecule has 1 amide bonds. The monoisotopic (exact) mass is 374 g/mol. The summed E-state index contributed by atoms with van der Waals surface area (Å²) in [5, 5.41) is 0.307. The largest absolute Gasteiger partial charge is 0.490 e. The second-order valence-corrected chi connectivity index (χ2v) is 7.36.